The number of halogens is 1. The minimum Gasteiger partial charge on any atom is -0.423 e. The maximum atomic E-state index is 12.3. The number of rotatable bonds is 5. The number of nitrogens with two attached hydrogens (primary N) is 1. The summed E-state index contributed by atoms with van der Waals surface area (Å²) in [6, 6.07) is 8.95. The van der Waals surface area contributed by atoms with Crippen molar-refractivity contribution < 1.29 is 14.0 Å². The van der Waals surface area contributed by atoms with Crippen LogP contribution < -0.4 is 16.0 Å². The van der Waals surface area contributed by atoms with Gasteiger partial charge in [0.1, 0.15) is 11.2 Å². The topological polar surface area (TPSA) is 114 Å². The number of anilines is 1. The molecule has 4 rings (SSSR count). The van der Waals surface area contributed by atoms with Gasteiger partial charge in [-0.3, -0.25) is 14.6 Å². The number of primary amides is 1. The summed E-state index contributed by atoms with van der Waals surface area (Å²) in [7, 11) is 0. The van der Waals surface area contributed by atoms with Crippen molar-refractivity contribution in [3.05, 3.63) is 52.8 Å². The molecule has 1 aliphatic rings. The van der Waals surface area contributed by atoms with E-state index in [1.807, 2.05) is 6.07 Å². The Morgan fingerprint density at radius 2 is 2.03 bits per heavy atom. The number of carbonyl (C=O) groups is 2. The van der Waals surface area contributed by atoms with Crippen LogP contribution in [0.15, 0.2) is 40.9 Å². The summed E-state index contributed by atoms with van der Waals surface area (Å²) in [6.45, 7) is 2.15. The highest BCUT2D eigenvalue weighted by atomic mass is 35.5. The maximum Gasteiger partial charge on any atom is 0.298 e. The Morgan fingerprint density at radius 1 is 1.24 bits per heavy atom. The summed E-state index contributed by atoms with van der Waals surface area (Å²) in [5.41, 5.74) is 7.12. The van der Waals surface area contributed by atoms with E-state index in [1.54, 1.807) is 18.2 Å². The number of nitrogens with one attached hydrogen (secondary N) is 1. The number of piperidine rings is 1. The molecule has 2 aromatic heterocycles. The van der Waals surface area contributed by atoms with Gasteiger partial charge in [0, 0.05) is 36.4 Å². The van der Waals surface area contributed by atoms with Crippen LogP contribution in [0.3, 0.4) is 0 Å². The van der Waals surface area contributed by atoms with Crippen molar-refractivity contribution in [1.29, 1.82) is 0 Å². The van der Waals surface area contributed by atoms with E-state index >= 15 is 0 Å². The van der Waals surface area contributed by atoms with Crippen molar-refractivity contribution >= 4 is 40.5 Å². The molecular formula is C20H20ClN5O3. The van der Waals surface area contributed by atoms with E-state index < -0.39 is 5.91 Å². The first-order valence-corrected chi connectivity index (χ1v) is 9.72. The summed E-state index contributed by atoms with van der Waals surface area (Å²) < 4.78 is 5.83. The van der Waals surface area contributed by atoms with E-state index in [1.165, 1.54) is 12.3 Å². The van der Waals surface area contributed by atoms with E-state index in [2.05, 4.69) is 20.2 Å². The largest absolute Gasteiger partial charge is 0.423 e. The molecule has 1 aliphatic heterocycles. The zero-order chi connectivity index (χ0) is 20.4. The maximum absolute atomic E-state index is 12.3. The number of carbonyl (C=O) groups excluding carboxylic acids is 2. The predicted octanol–water partition coefficient (Wildman–Crippen LogP) is 2.62. The van der Waals surface area contributed by atoms with Gasteiger partial charge >= 0.3 is 0 Å². The molecule has 1 fully saturated rings. The van der Waals surface area contributed by atoms with Gasteiger partial charge in [0.25, 0.3) is 17.8 Å². The van der Waals surface area contributed by atoms with Gasteiger partial charge in [-0.1, -0.05) is 11.6 Å². The normalized spacial score (nSPS) is 14.9. The SMILES string of the molecule is NC(=O)c1cc(C(=O)NCC2CCN(c3nc4cc(Cl)ccc4o3)CC2)ccn1. The van der Waals surface area contributed by atoms with Crippen LogP contribution in [0.2, 0.25) is 5.02 Å². The number of pyridine rings is 1. The average Bonchev–Trinajstić information content (AvgIpc) is 3.15. The molecule has 150 valence electrons. The summed E-state index contributed by atoms with van der Waals surface area (Å²) in [6.07, 6.45) is 3.21. The summed E-state index contributed by atoms with van der Waals surface area (Å²) in [4.78, 5) is 34.0. The molecule has 3 N–H and O–H groups in total. The highest BCUT2D eigenvalue weighted by Gasteiger charge is 2.23. The third kappa shape index (κ3) is 4.32. The molecule has 0 spiro atoms. The van der Waals surface area contributed by atoms with E-state index in [-0.39, 0.29) is 11.6 Å². The second-order valence-electron chi connectivity index (χ2n) is 7.04. The average molecular weight is 414 g/mol. The Kier molecular flexibility index (Phi) is 5.35. The number of hydrogen-bond donors (Lipinski definition) is 2. The Bertz CT molecular complexity index is 1060. The molecule has 9 heteroatoms. The molecule has 0 atom stereocenters. The smallest absolute Gasteiger partial charge is 0.298 e. The fraction of sp³-hybridized carbons (Fsp3) is 0.300. The monoisotopic (exact) mass is 413 g/mol. The Labute approximate surface area is 172 Å². The lowest BCUT2D eigenvalue weighted by Crippen LogP contribution is -2.38. The van der Waals surface area contributed by atoms with Gasteiger partial charge in [-0.25, -0.2) is 0 Å². The Morgan fingerprint density at radius 3 is 2.79 bits per heavy atom. The Hall–Kier alpha value is -3.13. The van der Waals surface area contributed by atoms with Crippen LogP contribution >= 0.6 is 11.6 Å². The van der Waals surface area contributed by atoms with Crippen molar-refractivity contribution in [3.63, 3.8) is 0 Å². The zero-order valence-corrected chi connectivity index (χ0v) is 16.4. The molecule has 0 aliphatic carbocycles. The highest BCUT2D eigenvalue weighted by molar-refractivity contribution is 6.31. The molecule has 1 saturated heterocycles. The van der Waals surface area contributed by atoms with Crippen molar-refractivity contribution in [2.75, 3.05) is 24.5 Å². The van der Waals surface area contributed by atoms with Gasteiger partial charge in [0.2, 0.25) is 0 Å². The molecule has 3 aromatic rings. The van der Waals surface area contributed by atoms with Gasteiger partial charge < -0.3 is 20.4 Å². The number of benzene rings is 1. The number of amides is 2. The molecule has 8 nitrogen and oxygen atoms in total. The van der Waals surface area contributed by atoms with Gasteiger partial charge in [-0.2, -0.15) is 4.98 Å². The first kappa shape index (κ1) is 19.2. The van der Waals surface area contributed by atoms with Crippen molar-refractivity contribution in [2.45, 2.75) is 12.8 Å². The van der Waals surface area contributed by atoms with Gasteiger partial charge in [0.15, 0.2) is 5.58 Å². The number of oxazole rings is 1. The van der Waals surface area contributed by atoms with Crippen LogP contribution in [-0.2, 0) is 0 Å². The molecular weight excluding hydrogens is 394 g/mol. The zero-order valence-electron chi connectivity index (χ0n) is 15.6. The standard InChI is InChI=1S/C20H20ClN5O3/c21-14-1-2-17-15(10-14)25-20(29-17)26-7-4-12(5-8-26)11-24-19(28)13-3-6-23-16(9-13)18(22)27/h1-3,6,9-10,12H,4-5,7-8,11H2,(H2,22,27)(H,24,28). The van der Waals surface area contributed by atoms with E-state index in [0.29, 0.717) is 34.6 Å². The predicted molar refractivity (Wildman–Crippen MR) is 109 cm³/mol. The minimum absolute atomic E-state index is 0.0746. The quantitative estimate of drug-likeness (QED) is 0.664. The van der Waals surface area contributed by atoms with Crippen LogP contribution in [0.25, 0.3) is 11.1 Å². The number of aromatic nitrogens is 2. The van der Waals surface area contributed by atoms with E-state index in [9.17, 15) is 9.59 Å². The molecule has 1 aromatic carbocycles. The lowest BCUT2D eigenvalue weighted by atomic mass is 9.97. The minimum atomic E-state index is -0.659. The third-order valence-electron chi connectivity index (χ3n) is 5.05. The van der Waals surface area contributed by atoms with Crippen molar-refractivity contribution in [2.24, 2.45) is 11.7 Å². The molecule has 29 heavy (non-hydrogen) atoms. The highest BCUT2D eigenvalue weighted by Crippen LogP contribution is 2.27. The summed E-state index contributed by atoms with van der Waals surface area (Å²) in [5, 5.41) is 3.55. The Balaban J connectivity index is 1.31. The lowest BCUT2D eigenvalue weighted by molar-refractivity contribution is 0.0944. The van der Waals surface area contributed by atoms with Crippen LogP contribution in [-0.4, -0.2) is 41.4 Å². The van der Waals surface area contributed by atoms with Gasteiger partial charge in [0.05, 0.1) is 0 Å². The molecule has 3 heterocycles. The molecule has 0 radical (unpaired) electrons. The van der Waals surface area contributed by atoms with Crippen LogP contribution in [0.5, 0.6) is 0 Å². The summed E-state index contributed by atoms with van der Waals surface area (Å²) >= 11 is 6.01. The first-order valence-electron chi connectivity index (χ1n) is 9.34. The van der Waals surface area contributed by atoms with Crippen molar-refractivity contribution in [1.82, 2.24) is 15.3 Å². The van der Waals surface area contributed by atoms with Crippen molar-refractivity contribution in [3.8, 4) is 0 Å². The molecule has 2 amide bonds. The molecule has 0 bridgehead atoms. The number of hydrogen-bond acceptors (Lipinski definition) is 6. The van der Waals surface area contributed by atoms with Gasteiger partial charge in [-0.05, 0) is 49.1 Å². The first-order chi connectivity index (χ1) is 14.0. The van der Waals surface area contributed by atoms with E-state index in [4.69, 9.17) is 21.8 Å². The second kappa shape index (κ2) is 8.08. The van der Waals surface area contributed by atoms with Crippen LogP contribution in [0.1, 0.15) is 33.7 Å². The number of fused-ring (bicyclic) bond motifs is 1. The fourth-order valence-electron chi connectivity index (χ4n) is 3.40. The fourth-order valence-corrected chi connectivity index (χ4v) is 3.56. The molecule has 0 unspecified atom stereocenters. The third-order valence-corrected chi connectivity index (χ3v) is 5.28. The summed E-state index contributed by atoms with van der Waals surface area (Å²) in [5.74, 6) is -0.548. The molecule has 0 saturated carbocycles. The lowest BCUT2D eigenvalue weighted by Gasteiger charge is -2.30. The second-order valence-corrected chi connectivity index (χ2v) is 7.48. The number of nitrogens with zero attached hydrogens (tertiary/aromatic N) is 3. The van der Waals surface area contributed by atoms with Crippen LogP contribution in [0, 0.1) is 5.92 Å². The van der Waals surface area contributed by atoms with Gasteiger partial charge in [-0.15, -0.1) is 0 Å². The van der Waals surface area contributed by atoms with E-state index in [0.717, 1.165) is 31.4 Å². The van der Waals surface area contributed by atoms with Crippen LogP contribution in [0.4, 0.5) is 6.01 Å².